The lowest BCUT2D eigenvalue weighted by Crippen LogP contribution is -2.48. The Labute approximate surface area is 340 Å². The predicted molar refractivity (Wildman–Crippen MR) is 234 cm³/mol. The number of likely N-dealkylation sites (tertiary alicyclic amines) is 2. The second kappa shape index (κ2) is 17.7. The van der Waals surface area contributed by atoms with E-state index in [9.17, 15) is 0 Å². The zero-order valence-electron chi connectivity index (χ0n) is 34.7. The second-order valence-electron chi connectivity index (χ2n) is 19.5. The van der Waals surface area contributed by atoms with Crippen molar-refractivity contribution in [2.24, 2.45) is 41.4 Å². The minimum Gasteiger partial charge on any atom is -0.292 e. The van der Waals surface area contributed by atoms with Crippen molar-refractivity contribution in [2.45, 2.75) is 140 Å². The number of benzene rings is 4. The van der Waals surface area contributed by atoms with Crippen molar-refractivity contribution < 1.29 is 0 Å². The molecule has 4 aromatic carbocycles. The van der Waals surface area contributed by atoms with Gasteiger partial charge in [-0.25, -0.2) is 0 Å². The zero-order chi connectivity index (χ0) is 37.8. The predicted octanol–water partition coefficient (Wildman–Crippen LogP) is 14.2. The van der Waals surface area contributed by atoms with Gasteiger partial charge in [0.15, 0.2) is 0 Å². The van der Waals surface area contributed by atoms with Crippen LogP contribution in [0.25, 0.3) is 0 Å². The normalized spacial score (nSPS) is 36.2. The van der Waals surface area contributed by atoms with Crippen molar-refractivity contribution in [2.75, 3.05) is 7.05 Å². The maximum atomic E-state index is 3.11. The first-order valence-electron chi connectivity index (χ1n) is 23.3. The summed E-state index contributed by atoms with van der Waals surface area (Å²) in [6.07, 6.45) is 22.5. The Kier molecular flexibility index (Phi) is 12.1. The fourth-order valence-corrected chi connectivity index (χ4v) is 13.4. The van der Waals surface area contributed by atoms with Gasteiger partial charge in [0, 0.05) is 30.2 Å². The van der Waals surface area contributed by atoms with Crippen molar-refractivity contribution in [3.63, 3.8) is 0 Å². The SMILES string of the molecule is CC1CCC(C2CCC(N3C(c4ccccc4)CC(C4CCC(C5CC(c6ccccc6)N(C)C(c6ccccc6)C5)CC4)CC3c3ccccc3)CC2)CC1. The monoisotopic (exact) mass is 747 g/mol. The first kappa shape index (κ1) is 38.3. The van der Waals surface area contributed by atoms with Gasteiger partial charge in [-0.2, -0.15) is 0 Å². The van der Waals surface area contributed by atoms with Gasteiger partial charge in [-0.15, -0.1) is 0 Å². The fourth-order valence-electron chi connectivity index (χ4n) is 13.4. The Morgan fingerprint density at radius 1 is 0.339 bits per heavy atom. The maximum Gasteiger partial charge on any atom is 0.0359 e. The molecule has 2 nitrogen and oxygen atoms in total. The smallest absolute Gasteiger partial charge is 0.0359 e. The van der Waals surface area contributed by atoms with Crippen molar-refractivity contribution in [3.8, 4) is 0 Å². The highest BCUT2D eigenvalue weighted by Crippen LogP contribution is 2.55. The lowest BCUT2D eigenvalue weighted by Gasteiger charge is -2.53. The Bertz CT molecular complexity index is 1650. The highest BCUT2D eigenvalue weighted by molar-refractivity contribution is 5.27. The molecular formula is C54H70N2. The first-order chi connectivity index (χ1) is 27.6. The molecule has 4 atom stereocenters. The molecule has 0 amide bonds. The highest BCUT2D eigenvalue weighted by Gasteiger charge is 2.46. The van der Waals surface area contributed by atoms with Crippen molar-refractivity contribution in [1.82, 2.24) is 9.80 Å². The minimum atomic E-state index is 0.488. The van der Waals surface area contributed by atoms with Gasteiger partial charge in [0.25, 0.3) is 0 Å². The van der Waals surface area contributed by atoms with Crippen LogP contribution in [-0.2, 0) is 0 Å². The fraction of sp³-hybridized carbons (Fsp3) is 0.556. The molecule has 2 saturated heterocycles. The second-order valence-corrected chi connectivity index (χ2v) is 19.5. The lowest BCUT2D eigenvalue weighted by atomic mass is 9.64. The standard InChI is InChI=1S/C54H70N2/c1-39-23-25-40(26-24-39)41-31-33-50(34-32-41)56-53(46-19-11-5-12-20-46)37-49(38-54(56)47-21-13-6-14-22-47)43-29-27-42(28-30-43)48-35-51(44-15-7-3-8-16-44)55(2)52(36-48)45-17-9-4-10-18-45/h3-22,39-43,48-54H,23-38H2,1-2H3. The van der Waals surface area contributed by atoms with Crippen LogP contribution >= 0.6 is 0 Å². The molecule has 5 fully saturated rings. The molecule has 9 rings (SSSR count). The van der Waals surface area contributed by atoms with Gasteiger partial charge in [0.05, 0.1) is 0 Å². The van der Waals surface area contributed by atoms with E-state index in [0.717, 1.165) is 41.4 Å². The quantitative estimate of drug-likeness (QED) is 0.177. The van der Waals surface area contributed by atoms with Crippen LogP contribution in [-0.4, -0.2) is 22.9 Å². The van der Waals surface area contributed by atoms with Crippen LogP contribution in [0.15, 0.2) is 121 Å². The van der Waals surface area contributed by atoms with Gasteiger partial charge in [-0.05, 0) is 161 Å². The van der Waals surface area contributed by atoms with Crippen molar-refractivity contribution in [1.29, 1.82) is 0 Å². The molecule has 2 heterocycles. The van der Waals surface area contributed by atoms with Gasteiger partial charge in [-0.3, -0.25) is 9.80 Å². The van der Waals surface area contributed by atoms with Gasteiger partial charge in [0.1, 0.15) is 0 Å². The van der Waals surface area contributed by atoms with E-state index in [1.165, 1.54) is 114 Å². The van der Waals surface area contributed by atoms with Crippen LogP contribution in [0.1, 0.15) is 156 Å². The van der Waals surface area contributed by atoms with E-state index >= 15 is 0 Å². The number of piperidine rings is 2. The molecule has 5 aliphatic rings. The highest BCUT2D eigenvalue weighted by atomic mass is 15.2. The molecule has 0 radical (unpaired) electrons. The Hall–Kier alpha value is -3.20. The summed E-state index contributed by atoms with van der Waals surface area (Å²) in [4.78, 5) is 5.81. The Morgan fingerprint density at radius 3 is 1.00 bits per heavy atom. The van der Waals surface area contributed by atoms with E-state index in [2.05, 4.69) is 145 Å². The molecule has 2 heteroatoms. The molecule has 296 valence electrons. The van der Waals surface area contributed by atoms with Crippen LogP contribution in [0.5, 0.6) is 0 Å². The molecular weight excluding hydrogens is 677 g/mol. The molecule has 3 saturated carbocycles. The molecule has 0 N–H and O–H groups in total. The van der Waals surface area contributed by atoms with E-state index < -0.39 is 0 Å². The third-order valence-corrected chi connectivity index (χ3v) is 16.6. The van der Waals surface area contributed by atoms with Gasteiger partial charge in [0.2, 0.25) is 0 Å². The summed E-state index contributed by atoms with van der Waals surface area (Å²) in [5, 5.41) is 0. The Balaban J connectivity index is 0.929. The van der Waals surface area contributed by atoms with Gasteiger partial charge in [-0.1, -0.05) is 141 Å². The maximum absolute atomic E-state index is 3.11. The number of rotatable bonds is 8. The molecule has 2 aliphatic heterocycles. The van der Waals surface area contributed by atoms with Crippen LogP contribution in [0, 0.1) is 41.4 Å². The Morgan fingerprint density at radius 2 is 0.625 bits per heavy atom. The number of hydrogen-bond donors (Lipinski definition) is 0. The third-order valence-electron chi connectivity index (χ3n) is 16.6. The molecule has 4 unspecified atom stereocenters. The molecule has 4 aromatic rings. The zero-order valence-corrected chi connectivity index (χ0v) is 34.7. The number of hydrogen-bond acceptors (Lipinski definition) is 2. The summed E-state index contributed by atoms with van der Waals surface area (Å²) >= 11 is 0. The summed E-state index contributed by atoms with van der Waals surface area (Å²) in [5.74, 6) is 6.16. The average molecular weight is 747 g/mol. The summed E-state index contributed by atoms with van der Waals surface area (Å²) in [6, 6.07) is 49.2. The van der Waals surface area contributed by atoms with Gasteiger partial charge < -0.3 is 0 Å². The van der Waals surface area contributed by atoms with Crippen molar-refractivity contribution >= 4 is 0 Å². The molecule has 0 spiro atoms. The molecule has 0 bridgehead atoms. The molecule has 3 aliphatic carbocycles. The average Bonchev–Trinajstić information content (AvgIpc) is 3.28. The van der Waals surface area contributed by atoms with E-state index in [0.29, 0.717) is 30.2 Å². The van der Waals surface area contributed by atoms with E-state index in [1.807, 2.05) is 0 Å². The molecule has 56 heavy (non-hydrogen) atoms. The van der Waals surface area contributed by atoms with Crippen LogP contribution in [0.4, 0.5) is 0 Å². The van der Waals surface area contributed by atoms with Gasteiger partial charge >= 0.3 is 0 Å². The summed E-state index contributed by atoms with van der Waals surface area (Å²) < 4.78 is 0. The van der Waals surface area contributed by atoms with Crippen LogP contribution < -0.4 is 0 Å². The van der Waals surface area contributed by atoms with E-state index in [-0.39, 0.29) is 0 Å². The largest absolute Gasteiger partial charge is 0.292 e. The molecule has 0 aromatic heterocycles. The van der Waals surface area contributed by atoms with E-state index in [1.54, 1.807) is 11.1 Å². The minimum absolute atomic E-state index is 0.488. The first-order valence-corrected chi connectivity index (χ1v) is 23.3. The topological polar surface area (TPSA) is 6.48 Å². The van der Waals surface area contributed by atoms with Crippen LogP contribution in [0.3, 0.4) is 0 Å². The van der Waals surface area contributed by atoms with Crippen molar-refractivity contribution in [3.05, 3.63) is 144 Å². The summed E-state index contributed by atoms with van der Waals surface area (Å²) in [5.41, 5.74) is 6.13. The lowest BCUT2D eigenvalue weighted by molar-refractivity contribution is -0.0335. The number of nitrogens with zero attached hydrogens (tertiary/aromatic N) is 2. The summed E-state index contributed by atoms with van der Waals surface area (Å²) in [7, 11) is 2.39. The van der Waals surface area contributed by atoms with Crippen LogP contribution in [0.2, 0.25) is 0 Å². The third kappa shape index (κ3) is 8.35. The summed E-state index contributed by atoms with van der Waals surface area (Å²) in [6.45, 7) is 2.48. The van der Waals surface area contributed by atoms with E-state index in [4.69, 9.17) is 0 Å².